The van der Waals surface area contributed by atoms with E-state index in [4.69, 9.17) is 14.7 Å². The highest BCUT2D eigenvalue weighted by atomic mass is 16.5. The maximum Gasteiger partial charge on any atom is 0.218 e. The van der Waals surface area contributed by atoms with Crippen molar-refractivity contribution < 1.29 is 4.74 Å². The Morgan fingerprint density at radius 3 is 2.55 bits per heavy atom. The Hall–Kier alpha value is -4.73. The van der Waals surface area contributed by atoms with Gasteiger partial charge < -0.3 is 14.5 Å². The highest BCUT2D eigenvalue weighted by molar-refractivity contribution is 6.12. The number of dihydropyridines is 1. The Labute approximate surface area is 234 Å². The molecule has 9 heteroatoms. The molecule has 200 valence electrons. The predicted molar refractivity (Wildman–Crippen MR) is 155 cm³/mol. The number of allylic oxidation sites excluding steroid dienone is 3. The molecule has 2 unspecified atom stereocenters. The van der Waals surface area contributed by atoms with Crippen LogP contribution >= 0.6 is 0 Å². The fourth-order valence-corrected chi connectivity index (χ4v) is 5.83. The molecular formula is C31H30N8O. The van der Waals surface area contributed by atoms with Crippen LogP contribution in [0.5, 0.6) is 0 Å². The number of ether oxygens (including phenoxy) is 1. The summed E-state index contributed by atoms with van der Waals surface area (Å²) in [5.74, 6) is 1.48. The number of benzene rings is 1. The van der Waals surface area contributed by atoms with Crippen molar-refractivity contribution >= 4 is 23.2 Å². The zero-order chi connectivity index (χ0) is 27.9. The quantitative estimate of drug-likeness (QED) is 0.552. The van der Waals surface area contributed by atoms with Crippen molar-refractivity contribution in [1.29, 1.82) is 10.5 Å². The average molecular weight is 531 g/mol. The third-order valence-electron chi connectivity index (χ3n) is 8.10. The summed E-state index contributed by atoms with van der Waals surface area (Å²) in [6, 6.07) is 14.3. The number of anilines is 2. The first-order chi connectivity index (χ1) is 19.4. The summed E-state index contributed by atoms with van der Waals surface area (Å²) in [6.45, 7) is 6.90. The number of likely N-dealkylation sites (N-methyl/N-ethyl adjacent to an activating group) is 1. The molecule has 0 radical (unpaired) electrons. The molecule has 0 saturated carbocycles. The molecule has 1 aliphatic carbocycles. The topological polar surface area (TPSA) is 104 Å². The first-order valence-corrected chi connectivity index (χ1v) is 13.4. The van der Waals surface area contributed by atoms with Crippen LogP contribution < -0.4 is 9.80 Å². The number of pyridine rings is 1. The number of morpholine rings is 1. The lowest BCUT2D eigenvalue weighted by Gasteiger charge is -2.42. The Kier molecular flexibility index (Phi) is 6.25. The number of hydrogen-bond acceptors (Lipinski definition) is 7. The Morgan fingerprint density at radius 2 is 1.88 bits per heavy atom. The zero-order valence-electron chi connectivity index (χ0n) is 22.8. The number of hydrogen-bond donors (Lipinski definition) is 0. The van der Waals surface area contributed by atoms with Crippen molar-refractivity contribution in [2.45, 2.75) is 30.8 Å². The highest BCUT2D eigenvalue weighted by Gasteiger charge is 2.57. The molecular weight excluding hydrogens is 500 g/mol. The Bertz CT molecular complexity index is 1550. The van der Waals surface area contributed by atoms with Crippen LogP contribution in [0, 0.1) is 22.8 Å². The molecule has 1 aromatic carbocycles. The minimum absolute atomic E-state index is 0.127. The largest absolute Gasteiger partial charge is 0.378 e. The van der Waals surface area contributed by atoms with Crippen molar-refractivity contribution in [2.75, 3.05) is 43.2 Å². The lowest BCUT2D eigenvalue weighted by molar-refractivity contribution is 0.122. The van der Waals surface area contributed by atoms with Crippen LogP contribution in [0.15, 0.2) is 88.7 Å². The first kappa shape index (κ1) is 25.5. The molecule has 1 spiro atoms. The lowest BCUT2D eigenvalue weighted by atomic mass is 9.79. The van der Waals surface area contributed by atoms with Gasteiger partial charge in [-0.1, -0.05) is 24.3 Å². The fourth-order valence-electron chi connectivity index (χ4n) is 5.83. The van der Waals surface area contributed by atoms with E-state index < -0.39 is 11.0 Å². The van der Waals surface area contributed by atoms with Crippen LogP contribution in [0.1, 0.15) is 25.0 Å². The molecule has 2 atom stereocenters. The van der Waals surface area contributed by atoms with Crippen LogP contribution in [0.25, 0.3) is 0 Å². The van der Waals surface area contributed by atoms with Crippen molar-refractivity contribution in [1.82, 2.24) is 9.88 Å². The van der Waals surface area contributed by atoms with E-state index in [2.05, 4.69) is 39.1 Å². The van der Waals surface area contributed by atoms with Crippen LogP contribution in [-0.4, -0.2) is 66.5 Å². The van der Waals surface area contributed by atoms with Gasteiger partial charge >= 0.3 is 0 Å². The van der Waals surface area contributed by atoms with Crippen molar-refractivity contribution in [3.8, 4) is 12.3 Å². The van der Waals surface area contributed by atoms with Gasteiger partial charge in [-0.3, -0.25) is 4.90 Å². The second-order valence-electron chi connectivity index (χ2n) is 10.8. The van der Waals surface area contributed by atoms with Gasteiger partial charge in [0.1, 0.15) is 11.4 Å². The van der Waals surface area contributed by atoms with Crippen molar-refractivity contribution in [3.63, 3.8) is 0 Å². The fraction of sp³-hybridized carbons (Fsp3) is 0.323. The highest BCUT2D eigenvalue weighted by Crippen LogP contribution is 2.47. The second-order valence-corrected chi connectivity index (χ2v) is 10.8. The Morgan fingerprint density at radius 1 is 1.10 bits per heavy atom. The van der Waals surface area contributed by atoms with Crippen molar-refractivity contribution in [2.24, 2.45) is 9.98 Å². The van der Waals surface area contributed by atoms with Gasteiger partial charge in [0.25, 0.3) is 0 Å². The first-order valence-electron chi connectivity index (χ1n) is 13.4. The maximum atomic E-state index is 9.61. The third kappa shape index (κ3) is 3.98. The predicted octanol–water partition coefficient (Wildman–Crippen LogP) is 3.93. The molecule has 0 amide bonds. The summed E-state index contributed by atoms with van der Waals surface area (Å²) in [7, 11) is 1.95. The van der Waals surface area contributed by atoms with Gasteiger partial charge in [0.05, 0.1) is 42.1 Å². The monoisotopic (exact) mass is 530 g/mol. The molecule has 2 saturated heterocycles. The van der Waals surface area contributed by atoms with E-state index in [0.29, 0.717) is 19.2 Å². The molecule has 2 aromatic rings. The molecule has 0 N–H and O–H groups in total. The molecule has 9 nitrogen and oxygen atoms in total. The lowest BCUT2D eigenvalue weighted by Crippen LogP contribution is -2.53. The van der Waals surface area contributed by atoms with E-state index in [1.807, 2.05) is 86.7 Å². The molecule has 1 aromatic heterocycles. The van der Waals surface area contributed by atoms with E-state index in [1.54, 1.807) is 0 Å². The summed E-state index contributed by atoms with van der Waals surface area (Å²) in [5.41, 5.74) is 3.08. The molecule has 4 heterocycles. The van der Waals surface area contributed by atoms with Crippen LogP contribution in [-0.2, 0) is 10.2 Å². The zero-order valence-corrected chi connectivity index (χ0v) is 22.8. The average Bonchev–Trinajstić information content (AvgIpc) is 3.24. The van der Waals surface area contributed by atoms with Crippen LogP contribution in [0.4, 0.5) is 11.5 Å². The van der Waals surface area contributed by atoms with Gasteiger partial charge in [-0.25, -0.2) is 9.98 Å². The smallest absolute Gasteiger partial charge is 0.218 e. The number of rotatable bonds is 4. The van der Waals surface area contributed by atoms with Gasteiger partial charge in [0.2, 0.25) is 12.2 Å². The third-order valence-corrected chi connectivity index (χ3v) is 8.10. The van der Waals surface area contributed by atoms with Gasteiger partial charge in [-0.15, -0.1) is 4.99 Å². The number of guanidine groups is 1. The molecule has 3 aliphatic heterocycles. The van der Waals surface area contributed by atoms with E-state index >= 15 is 0 Å². The van der Waals surface area contributed by atoms with E-state index in [1.165, 1.54) is 0 Å². The SMILES string of the molecule is CN1C(=NC#N)N(c2ccc(C(C)(C)C#N)cc2)C23C=CC(c4ccc(N5CCOCC5)nc4)=NC2=CC=CC13. The Balaban J connectivity index is 1.39. The minimum Gasteiger partial charge on any atom is -0.378 e. The van der Waals surface area contributed by atoms with Gasteiger partial charge in [-0.2, -0.15) is 10.5 Å². The summed E-state index contributed by atoms with van der Waals surface area (Å²) >= 11 is 0. The van der Waals surface area contributed by atoms with Gasteiger partial charge in [0.15, 0.2) is 0 Å². The molecule has 0 bridgehead atoms. The van der Waals surface area contributed by atoms with Crippen molar-refractivity contribution in [3.05, 3.63) is 89.8 Å². The van der Waals surface area contributed by atoms with Gasteiger partial charge in [-0.05, 0) is 61.9 Å². The molecule has 2 fully saturated rings. The van der Waals surface area contributed by atoms with Gasteiger partial charge in [0, 0.05) is 37.6 Å². The van der Waals surface area contributed by atoms with Crippen LogP contribution in [0.3, 0.4) is 0 Å². The summed E-state index contributed by atoms with van der Waals surface area (Å²) in [6.07, 6.45) is 14.2. The normalized spacial score (nSPS) is 24.7. The second kappa shape index (κ2) is 9.78. The molecule has 40 heavy (non-hydrogen) atoms. The summed E-state index contributed by atoms with van der Waals surface area (Å²) in [5, 5.41) is 19.2. The number of nitrogens with zero attached hydrogens (tertiary/aromatic N) is 8. The van der Waals surface area contributed by atoms with E-state index in [0.717, 1.165) is 47.1 Å². The van der Waals surface area contributed by atoms with E-state index in [9.17, 15) is 10.5 Å². The number of aromatic nitrogens is 1. The van der Waals surface area contributed by atoms with Crippen LogP contribution in [0.2, 0.25) is 0 Å². The molecule has 6 rings (SSSR count). The summed E-state index contributed by atoms with van der Waals surface area (Å²) < 4.78 is 5.47. The maximum absolute atomic E-state index is 9.61. The summed E-state index contributed by atoms with van der Waals surface area (Å²) in [4.78, 5) is 20.4. The molecule has 4 aliphatic rings. The van der Waals surface area contributed by atoms with E-state index in [-0.39, 0.29) is 6.04 Å². The standard InChI is InChI=1S/C31H30N8O/c1-30(2,20-32)23-8-10-24(11-9-23)39-29(35-21-33)37(3)27-6-4-5-26-31(27,39)14-13-25(36-26)22-7-12-28(34-19-22)38-15-17-40-18-16-38/h4-14,19,27H,15-18H2,1-3H3. The number of nitriles is 2. The minimum atomic E-state index is -0.698. The number of aliphatic imine (C=N–C) groups is 2.